The number of hydrogen-bond donors (Lipinski definition) is 0. The molecule has 0 aromatic carbocycles. The first-order chi connectivity index (χ1) is 7.38. The molecule has 4 nitrogen and oxygen atoms in total. The Balaban J connectivity index is 4.24. The van der Waals surface area contributed by atoms with Crippen molar-refractivity contribution in [2.75, 3.05) is 6.61 Å². The Labute approximate surface area is 95.2 Å². The second-order valence-corrected chi connectivity index (χ2v) is 3.28. The summed E-state index contributed by atoms with van der Waals surface area (Å²) in [5, 5.41) is 0. The van der Waals surface area contributed by atoms with Crippen molar-refractivity contribution in [2.45, 2.75) is 20.8 Å². The number of carbonyl (C=O) groups is 2. The van der Waals surface area contributed by atoms with Gasteiger partial charge in [0.1, 0.15) is 12.4 Å². The molecule has 0 heterocycles. The van der Waals surface area contributed by atoms with Crippen molar-refractivity contribution in [3.05, 3.63) is 36.1 Å². The fraction of sp³-hybridized carbons (Fsp3) is 0.333. The maximum Gasteiger partial charge on any atom is 0.338 e. The minimum atomic E-state index is -0.542. The summed E-state index contributed by atoms with van der Waals surface area (Å²) in [5.74, 6) is -0.798. The van der Waals surface area contributed by atoms with E-state index in [9.17, 15) is 9.59 Å². The Morgan fingerprint density at radius 3 is 2.00 bits per heavy atom. The molecule has 0 aromatic heterocycles. The second-order valence-electron chi connectivity index (χ2n) is 3.28. The van der Waals surface area contributed by atoms with Gasteiger partial charge < -0.3 is 9.47 Å². The van der Waals surface area contributed by atoms with E-state index >= 15 is 0 Å². The fourth-order valence-corrected chi connectivity index (χ4v) is 0.638. The van der Waals surface area contributed by atoms with Gasteiger partial charge >= 0.3 is 11.9 Å². The maximum absolute atomic E-state index is 11.2. The normalized spacial score (nSPS) is 10.6. The van der Waals surface area contributed by atoms with E-state index in [0.29, 0.717) is 5.57 Å². The lowest BCUT2D eigenvalue weighted by Gasteiger charge is -2.09. The van der Waals surface area contributed by atoms with Gasteiger partial charge in [0.25, 0.3) is 0 Å². The third-order valence-electron chi connectivity index (χ3n) is 1.59. The molecule has 0 rings (SSSR count). The van der Waals surface area contributed by atoms with Gasteiger partial charge in [-0.2, -0.15) is 0 Å². The number of carbonyl (C=O) groups excluding carboxylic acids is 2. The van der Waals surface area contributed by atoms with Crippen LogP contribution < -0.4 is 0 Å². The van der Waals surface area contributed by atoms with Crippen molar-refractivity contribution in [3.63, 3.8) is 0 Å². The van der Waals surface area contributed by atoms with Crippen LogP contribution in [0.15, 0.2) is 36.1 Å². The summed E-state index contributed by atoms with van der Waals surface area (Å²) in [6.07, 6.45) is 1.55. The standard InChI is InChI=1S/C12H16O4/c1-6-10(16-12(14)9(4)5)7-15-11(13)8(2)3/h6H,2,4,7H2,1,3,5H3. The highest BCUT2D eigenvalue weighted by Crippen LogP contribution is 2.04. The van der Waals surface area contributed by atoms with Crippen LogP contribution in [-0.4, -0.2) is 18.5 Å². The Bertz CT molecular complexity index is 350. The topological polar surface area (TPSA) is 52.6 Å². The summed E-state index contributed by atoms with van der Waals surface area (Å²) in [6, 6.07) is 0. The average Bonchev–Trinajstić information content (AvgIpc) is 2.22. The highest BCUT2D eigenvalue weighted by atomic mass is 16.6. The van der Waals surface area contributed by atoms with E-state index in [1.54, 1.807) is 13.0 Å². The quantitative estimate of drug-likeness (QED) is 0.408. The van der Waals surface area contributed by atoms with Crippen LogP contribution in [0.1, 0.15) is 20.8 Å². The summed E-state index contributed by atoms with van der Waals surface area (Å²) in [7, 11) is 0. The van der Waals surface area contributed by atoms with Crippen molar-refractivity contribution in [3.8, 4) is 0 Å². The van der Waals surface area contributed by atoms with Crippen molar-refractivity contribution >= 4 is 11.9 Å². The van der Waals surface area contributed by atoms with Crippen LogP contribution in [0.5, 0.6) is 0 Å². The van der Waals surface area contributed by atoms with Crippen LogP contribution in [0.4, 0.5) is 0 Å². The molecular formula is C12H16O4. The number of esters is 2. The van der Waals surface area contributed by atoms with Gasteiger partial charge in [0.2, 0.25) is 0 Å². The predicted octanol–water partition coefficient (Wildman–Crippen LogP) is 2.13. The molecule has 4 heteroatoms. The molecule has 0 aliphatic heterocycles. The number of rotatable bonds is 5. The Morgan fingerprint density at radius 2 is 1.62 bits per heavy atom. The third kappa shape index (κ3) is 5.14. The molecule has 0 aliphatic rings. The van der Waals surface area contributed by atoms with Crippen LogP contribution in [0, 0.1) is 0 Å². The van der Waals surface area contributed by atoms with Crippen LogP contribution >= 0.6 is 0 Å². The van der Waals surface area contributed by atoms with E-state index in [1.807, 2.05) is 0 Å². The first-order valence-corrected chi connectivity index (χ1v) is 4.74. The Morgan fingerprint density at radius 1 is 1.12 bits per heavy atom. The van der Waals surface area contributed by atoms with Gasteiger partial charge in [-0.1, -0.05) is 13.2 Å². The van der Waals surface area contributed by atoms with Gasteiger partial charge in [0.15, 0.2) is 0 Å². The molecule has 0 aliphatic carbocycles. The molecular weight excluding hydrogens is 208 g/mol. The summed E-state index contributed by atoms with van der Waals surface area (Å²) in [5.41, 5.74) is 0.576. The molecule has 0 saturated carbocycles. The summed E-state index contributed by atoms with van der Waals surface area (Å²) in [4.78, 5) is 22.2. The van der Waals surface area contributed by atoms with E-state index in [0.717, 1.165) is 0 Å². The number of allylic oxidation sites excluding steroid dienone is 1. The number of ether oxygens (including phenoxy) is 2. The Hall–Kier alpha value is -1.84. The van der Waals surface area contributed by atoms with E-state index in [1.165, 1.54) is 13.8 Å². The minimum Gasteiger partial charge on any atom is -0.454 e. The summed E-state index contributed by atoms with van der Waals surface area (Å²) in [6.45, 7) is 11.5. The smallest absolute Gasteiger partial charge is 0.338 e. The Kier molecular flexibility index (Phi) is 5.85. The van der Waals surface area contributed by atoms with Crippen LogP contribution in [0.3, 0.4) is 0 Å². The molecule has 0 aromatic rings. The van der Waals surface area contributed by atoms with Crippen LogP contribution in [0.2, 0.25) is 0 Å². The van der Waals surface area contributed by atoms with Crippen molar-refractivity contribution < 1.29 is 19.1 Å². The van der Waals surface area contributed by atoms with Crippen molar-refractivity contribution in [2.24, 2.45) is 0 Å². The van der Waals surface area contributed by atoms with Gasteiger partial charge in [-0.3, -0.25) is 0 Å². The average molecular weight is 224 g/mol. The molecule has 0 bridgehead atoms. The highest BCUT2D eigenvalue weighted by molar-refractivity contribution is 5.88. The van der Waals surface area contributed by atoms with Gasteiger partial charge in [0, 0.05) is 11.1 Å². The van der Waals surface area contributed by atoms with Crippen molar-refractivity contribution in [1.82, 2.24) is 0 Å². The first kappa shape index (κ1) is 14.2. The molecule has 0 radical (unpaired) electrons. The van der Waals surface area contributed by atoms with E-state index in [-0.39, 0.29) is 17.9 Å². The molecule has 16 heavy (non-hydrogen) atoms. The van der Waals surface area contributed by atoms with Gasteiger partial charge in [-0.15, -0.1) is 0 Å². The lowest BCUT2D eigenvalue weighted by Crippen LogP contribution is -2.13. The summed E-state index contributed by atoms with van der Waals surface area (Å²) < 4.78 is 9.73. The van der Waals surface area contributed by atoms with Gasteiger partial charge in [-0.25, -0.2) is 9.59 Å². The maximum atomic E-state index is 11.2. The third-order valence-corrected chi connectivity index (χ3v) is 1.59. The molecule has 0 spiro atoms. The molecule has 0 N–H and O–H groups in total. The molecule has 0 amide bonds. The highest BCUT2D eigenvalue weighted by Gasteiger charge is 2.10. The fourth-order valence-electron chi connectivity index (χ4n) is 0.638. The predicted molar refractivity (Wildman–Crippen MR) is 60.4 cm³/mol. The zero-order valence-corrected chi connectivity index (χ0v) is 9.83. The SMILES string of the molecule is C=C(C)C(=O)OCC(=CC)OC(=O)C(=C)C. The van der Waals surface area contributed by atoms with Gasteiger partial charge in [-0.05, 0) is 26.8 Å². The zero-order chi connectivity index (χ0) is 12.7. The largest absolute Gasteiger partial charge is 0.454 e. The lowest BCUT2D eigenvalue weighted by atomic mass is 10.3. The van der Waals surface area contributed by atoms with E-state index in [4.69, 9.17) is 9.47 Å². The van der Waals surface area contributed by atoms with E-state index in [2.05, 4.69) is 13.2 Å². The first-order valence-electron chi connectivity index (χ1n) is 4.74. The number of hydrogen-bond acceptors (Lipinski definition) is 4. The van der Waals surface area contributed by atoms with Crippen molar-refractivity contribution in [1.29, 1.82) is 0 Å². The molecule has 0 unspecified atom stereocenters. The molecule has 0 fully saturated rings. The second kappa shape index (κ2) is 6.61. The zero-order valence-electron chi connectivity index (χ0n) is 9.83. The van der Waals surface area contributed by atoms with Crippen LogP contribution in [0.25, 0.3) is 0 Å². The summed E-state index contributed by atoms with van der Waals surface area (Å²) >= 11 is 0. The van der Waals surface area contributed by atoms with Crippen LogP contribution in [-0.2, 0) is 19.1 Å². The molecule has 0 atom stereocenters. The molecule has 0 saturated heterocycles. The molecule has 88 valence electrons. The van der Waals surface area contributed by atoms with E-state index < -0.39 is 11.9 Å². The monoisotopic (exact) mass is 224 g/mol. The van der Waals surface area contributed by atoms with Gasteiger partial charge in [0.05, 0.1) is 0 Å². The minimum absolute atomic E-state index is 0.0960. The lowest BCUT2D eigenvalue weighted by molar-refractivity contribution is -0.142.